The van der Waals surface area contributed by atoms with Crippen LogP contribution in [0.25, 0.3) is 0 Å². The molecule has 7 heteroatoms. The summed E-state index contributed by atoms with van der Waals surface area (Å²) in [5.41, 5.74) is 2.71. The summed E-state index contributed by atoms with van der Waals surface area (Å²) in [6.45, 7) is 4.37. The quantitative estimate of drug-likeness (QED) is 0.439. The van der Waals surface area contributed by atoms with Crippen LogP contribution in [-0.4, -0.2) is 28.5 Å². The highest BCUT2D eigenvalue weighted by Crippen LogP contribution is 2.26. The predicted octanol–water partition coefficient (Wildman–Crippen LogP) is 5.27. The van der Waals surface area contributed by atoms with Gasteiger partial charge >= 0.3 is 11.9 Å². The zero-order valence-corrected chi connectivity index (χ0v) is 18.1. The fourth-order valence-electron chi connectivity index (χ4n) is 3.20. The van der Waals surface area contributed by atoms with Crippen LogP contribution in [0.1, 0.15) is 33.3 Å². The number of carbonyl (C=O) groups excluding carboxylic acids is 1. The first kappa shape index (κ1) is 22.0. The number of rotatable bonds is 4. The number of fused-ring (bicyclic) bond motifs is 1. The standard InChI is InChI=1S/C14H14ClNS.C9H8O4/c15-13-4-2-1-3-11(13)9-16-7-5-14-12(10-16)6-8-17-14;1-6(10)13-8-5-3-2-4-7(8)9(11)12/h1-4,6,8H,5,7,9-10H2;2-5H,1H3,(H,11,12). The van der Waals surface area contributed by atoms with E-state index in [0.717, 1.165) is 24.7 Å². The van der Waals surface area contributed by atoms with Gasteiger partial charge in [0.2, 0.25) is 0 Å². The van der Waals surface area contributed by atoms with Crippen molar-refractivity contribution in [2.24, 2.45) is 0 Å². The van der Waals surface area contributed by atoms with E-state index in [1.807, 2.05) is 23.5 Å². The third kappa shape index (κ3) is 5.92. The van der Waals surface area contributed by atoms with E-state index >= 15 is 0 Å². The SMILES string of the molecule is CC(=O)Oc1ccccc1C(=O)O.Clc1ccccc1CN1CCc2sccc2C1. The van der Waals surface area contributed by atoms with Gasteiger partial charge in [-0.15, -0.1) is 11.3 Å². The molecule has 30 heavy (non-hydrogen) atoms. The van der Waals surface area contributed by atoms with Gasteiger partial charge in [-0.3, -0.25) is 9.69 Å². The Morgan fingerprint density at radius 2 is 1.87 bits per heavy atom. The summed E-state index contributed by atoms with van der Waals surface area (Å²) in [5.74, 6) is -1.58. The molecule has 0 amide bonds. The second-order valence-corrected chi connectivity index (χ2v) is 8.22. The zero-order chi connectivity index (χ0) is 21.5. The molecule has 5 nitrogen and oxygen atoms in total. The van der Waals surface area contributed by atoms with E-state index < -0.39 is 11.9 Å². The van der Waals surface area contributed by atoms with Gasteiger partial charge in [-0.1, -0.05) is 41.9 Å². The van der Waals surface area contributed by atoms with Gasteiger partial charge in [-0.2, -0.15) is 0 Å². The molecule has 0 bridgehead atoms. The van der Waals surface area contributed by atoms with E-state index in [1.54, 1.807) is 17.0 Å². The molecular formula is C23H22ClNO4S. The van der Waals surface area contributed by atoms with Crippen molar-refractivity contribution in [1.29, 1.82) is 0 Å². The van der Waals surface area contributed by atoms with E-state index in [2.05, 4.69) is 33.2 Å². The van der Waals surface area contributed by atoms with Crippen LogP contribution >= 0.6 is 22.9 Å². The number of carboxylic acids is 1. The van der Waals surface area contributed by atoms with Crippen LogP contribution in [-0.2, 0) is 24.3 Å². The molecule has 0 radical (unpaired) electrons. The van der Waals surface area contributed by atoms with Crippen LogP contribution in [0.5, 0.6) is 5.75 Å². The van der Waals surface area contributed by atoms with Gasteiger partial charge in [0.1, 0.15) is 11.3 Å². The molecule has 0 spiro atoms. The van der Waals surface area contributed by atoms with Gasteiger partial charge in [-0.25, -0.2) is 4.79 Å². The Balaban J connectivity index is 0.000000178. The van der Waals surface area contributed by atoms with Crippen molar-refractivity contribution in [1.82, 2.24) is 4.90 Å². The Bertz CT molecular complexity index is 1030. The van der Waals surface area contributed by atoms with Gasteiger partial charge in [0.25, 0.3) is 0 Å². The fraction of sp³-hybridized carbons (Fsp3) is 0.217. The molecule has 1 aromatic heterocycles. The molecule has 1 N–H and O–H groups in total. The third-order valence-corrected chi connectivity index (χ3v) is 6.00. The Kier molecular flexibility index (Phi) is 7.63. The van der Waals surface area contributed by atoms with E-state index in [-0.39, 0.29) is 11.3 Å². The van der Waals surface area contributed by atoms with Gasteiger partial charge in [-0.05, 0) is 47.2 Å². The molecule has 1 aliphatic heterocycles. The van der Waals surface area contributed by atoms with Crippen LogP contribution < -0.4 is 4.74 Å². The largest absolute Gasteiger partial charge is 0.478 e. The molecule has 0 saturated carbocycles. The molecule has 2 aromatic carbocycles. The molecule has 0 fully saturated rings. The van der Waals surface area contributed by atoms with Crippen LogP contribution in [0, 0.1) is 0 Å². The van der Waals surface area contributed by atoms with Gasteiger partial charge in [0.05, 0.1) is 0 Å². The number of halogens is 1. The van der Waals surface area contributed by atoms with Gasteiger partial charge in [0, 0.05) is 36.5 Å². The number of para-hydroxylation sites is 1. The average molecular weight is 444 g/mol. The highest BCUT2D eigenvalue weighted by atomic mass is 35.5. The molecule has 3 aromatic rings. The van der Waals surface area contributed by atoms with Crippen molar-refractivity contribution in [2.45, 2.75) is 26.4 Å². The van der Waals surface area contributed by atoms with Crippen LogP contribution in [0.3, 0.4) is 0 Å². The monoisotopic (exact) mass is 443 g/mol. The minimum absolute atomic E-state index is 0.0160. The number of nitrogens with zero attached hydrogens (tertiary/aromatic N) is 1. The maximum absolute atomic E-state index is 10.6. The van der Waals surface area contributed by atoms with E-state index in [1.165, 1.54) is 36.6 Å². The zero-order valence-electron chi connectivity index (χ0n) is 16.5. The highest BCUT2D eigenvalue weighted by molar-refractivity contribution is 7.10. The molecule has 0 unspecified atom stereocenters. The number of esters is 1. The van der Waals surface area contributed by atoms with Crippen molar-refractivity contribution in [3.05, 3.63) is 86.6 Å². The number of hydrogen-bond acceptors (Lipinski definition) is 5. The van der Waals surface area contributed by atoms with Crippen molar-refractivity contribution in [2.75, 3.05) is 6.54 Å². The summed E-state index contributed by atoms with van der Waals surface area (Å²) in [7, 11) is 0. The predicted molar refractivity (Wildman–Crippen MR) is 118 cm³/mol. The number of hydrogen-bond donors (Lipinski definition) is 1. The Morgan fingerprint density at radius 3 is 2.60 bits per heavy atom. The Morgan fingerprint density at radius 1 is 1.13 bits per heavy atom. The first-order valence-corrected chi connectivity index (χ1v) is 10.7. The summed E-state index contributed by atoms with van der Waals surface area (Å²) in [4.78, 5) is 25.2. The van der Waals surface area contributed by atoms with E-state index in [0.29, 0.717) is 0 Å². The number of benzene rings is 2. The molecule has 0 saturated heterocycles. The second kappa shape index (κ2) is 10.4. The number of aromatic carboxylic acids is 1. The maximum Gasteiger partial charge on any atom is 0.339 e. The first-order valence-electron chi connectivity index (χ1n) is 9.45. The molecule has 2 heterocycles. The van der Waals surface area contributed by atoms with Crippen LogP contribution in [0.15, 0.2) is 60.0 Å². The minimum atomic E-state index is -1.11. The molecule has 0 atom stereocenters. The number of carboxylic acid groups (broad SMARTS) is 1. The molecule has 1 aliphatic rings. The lowest BCUT2D eigenvalue weighted by molar-refractivity contribution is -0.131. The lowest BCUT2D eigenvalue weighted by atomic mass is 10.1. The molecule has 156 valence electrons. The fourth-order valence-corrected chi connectivity index (χ4v) is 4.28. The first-order chi connectivity index (χ1) is 14.4. The van der Waals surface area contributed by atoms with Crippen molar-refractivity contribution in [3.63, 3.8) is 0 Å². The highest BCUT2D eigenvalue weighted by Gasteiger charge is 2.17. The molecule has 4 rings (SSSR count). The lowest BCUT2D eigenvalue weighted by Gasteiger charge is -2.27. The van der Waals surface area contributed by atoms with Crippen LogP contribution in [0.4, 0.5) is 0 Å². The van der Waals surface area contributed by atoms with Crippen molar-refractivity contribution in [3.8, 4) is 5.75 Å². The summed E-state index contributed by atoms with van der Waals surface area (Å²) in [6.07, 6.45) is 1.18. The summed E-state index contributed by atoms with van der Waals surface area (Å²) in [5, 5.41) is 11.8. The lowest BCUT2D eigenvalue weighted by Crippen LogP contribution is -2.29. The van der Waals surface area contributed by atoms with Crippen LogP contribution in [0.2, 0.25) is 5.02 Å². The number of carbonyl (C=O) groups is 2. The smallest absolute Gasteiger partial charge is 0.339 e. The maximum atomic E-state index is 10.6. The topological polar surface area (TPSA) is 66.8 Å². The van der Waals surface area contributed by atoms with Gasteiger partial charge < -0.3 is 9.84 Å². The average Bonchev–Trinajstić information content (AvgIpc) is 3.18. The third-order valence-electron chi connectivity index (χ3n) is 4.61. The summed E-state index contributed by atoms with van der Waals surface area (Å²) in [6, 6.07) is 16.4. The minimum Gasteiger partial charge on any atom is -0.478 e. The number of ether oxygens (including phenoxy) is 1. The summed E-state index contributed by atoms with van der Waals surface area (Å²) >= 11 is 8.08. The van der Waals surface area contributed by atoms with E-state index in [4.69, 9.17) is 16.7 Å². The Hall–Kier alpha value is -2.67. The summed E-state index contributed by atoms with van der Waals surface area (Å²) < 4.78 is 4.69. The Labute approximate surface area is 184 Å². The normalized spacial score (nSPS) is 13.0. The van der Waals surface area contributed by atoms with Crippen molar-refractivity contribution >= 4 is 34.9 Å². The molecular weight excluding hydrogens is 422 g/mol. The van der Waals surface area contributed by atoms with Gasteiger partial charge in [0.15, 0.2) is 0 Å². The second-order valence-electron chi connectivity index (χ2n) is 6.82. The molecule has 0 aliphatic carbocycles. The van der Waals surface area contributed by atoms with Crippen molar-refractivity contribution < 1.29 is 19.4 Å². The van der Waals surface area contributed by atoms with E-state index in [9.17, 15) is 9.59 Å². The number of thiophene rings is 1.